The van der Waals surface area contributed by atoms with Crippen molar-refractivity contribution in [2.75, 3.05) is 0 Å². The van der Waals surface area contributed by atoms with Gasteiger partial charge in [-0.25, -0.2) is 5.53 Å². The van der Waals surface area contributed by atoms with Crippen LogP contribution in [0.2, 0.25) is 0 Å². The van der Waals surface area contributed by atoms with E-state index in [0.29, 0.717) is 0 Å². The molecule has 0 heterocycles. The van der Waals surface area contributed by atoms with Gasteiger partial charge in [-0.15, -0.1) is 0 Å². The first-order chi connectivity index (χ1) is 3.81. The van der Waals surface area contributed by atoms with E-state index in [-0.39, 0.29) is 0 Å². The predicted molar refractivity (Wildman–Crippen MR) is 42.1 cm³/mol. The molecule has 0 unspecified atom stereocenters. The van der Waals surface area contributed by atoms with Gasteiger partial charge in [-0.3, -0.25) is 0 Å². The Morgan fingerprint density at radius 2 is 2.38 bits per heavy atom. The Morgan fingerprint density at radius 1 is 1.75 bits per heavy atom. The fraction of sp³-hybridized carbons (Fsp3) is 0.200. The molecule has 0 rings (SSSR count). The van der Waals surface area contributed by atoms with Gasteiger partial charge in [-0.1, -0.05) is 28.7 Å². The summed E-state index contributed by atoms with van der Waals surface area (Å²) in [6.45, 7) is 1.78. The fourth-order valence-corrected chi connectivity index (χ4v) is 0.421. The van der Waals surface area contributed by atoms with Crippen LogP contribution in [0.25, 0.3) is 0 Å². The number of halogens is 1. The molecule has 0 aromatic rings. The molecule has 0 aromatic carbocycles. The number of nitrogens with one attached hydrogen (secondary N) is 1. The molecule has 0 radical (unpaired) electrons. The molecule has 0 fully saturated rings. The lowest BCUT2D eigenvalue weighted by Gasteiger charge is -1.78. The van der Waals surface area contributed by atoms with E-state index in [0.717, 1.165) is 5.70 Å². The summed E-state index contributed by atoms with van der Waals surface area (Å²) in [7, 11) is 0. The lowest BCUT2D eigenvalue weighted by Crippen LogP contribution is -1.59. The number of allylic oxidation sites excluding steroid dienone is 3. The summed E-state index contributed by atoms with van der Waals surface area (Å²) in [4.78, 5) is 0. The Labute approximate surface area is 62.3 Å². The number of hydrogen-bond acceptors (Lipinski definition) is 2. The average molecular weight is 222 g/mol. The van der Waals surface area contributed by atoms with Gasteiger partial charge in [-0.2, -0.15) is 5.11 Å². The maximum atomic E-state index is 6.51. The van der Waals surface area contributed by atoms with Crippen molar-refractivity contribution in [3.05, 3.63) is 21.9 Å². The van der Waals surface area contributed by atoms with Crippen molar-refractivity contribution in [1.29, 1.82) is 5.53 Å². The first-order valence-electron chi connectivity index (χ1n) is 2.12. The molecule has 0 aliphatic heterocycles. The van der Waals surface area contributed by atoms with Crippen LogP contribution in [0.4, 0.5) is 0 Å². The summed E-state index contributed by atoms with van der Waals surface area (Å²) in [5, 5.41) is 3.18. The van der Waals surface area contributed by atoms with E-state index in [1.807, 2.05) is 10.2 Å². The smallest absolute Gasteiger partial charge is 0.0592 e. The molecular formula is C5H7IN2. The van der Waals surface area contributed by atoms with E-state index in [4.69, 9.17) is 5.53 Å². The molecule has 2 nitrogen and oxygen atoms in total. The minimum absolute atomic E-state index is 0.720. The molecule has 3 heteroatoms. The Bertz CT molecular complexity index is 126. The third kappa shape index (κ3) is 3.98. The first kappa shape index (κ1) is 7.81. The first-order valence-corrected chi connectivity index (χ1v) is 3.37. The Kier molecular flexibility index (Phi) is 4.84. The molecule has 0 aliphatic carbocycles. The van der Waals surface area contributed by atoms with E-state index in [1.54, 1.807) is 13.0 Å². The SMILES string of the molecule is C/C(=C/C=C\I)N=N. The highest BCUT2D eigenvalue weighted by molar-refractivity contribution is 14.1. The molecular weight excluding hydrogens is 215 g/mol. The van der Waals surface area contributed by atoms with Crippen LogP contribution in [0.3, 0.4) is 0 Å². The maximum absolute atomic E-state index is 6.51. The summed E-state index contributed by atoms with van der Waals surface area (Å²) < 4.78 is 1.87. The minimum Gasteiger partial charge on any atom is -0.205 e. The third-order valence-corrected chi connectivity index (χ3v) is 1.00. The van der Waals surface area contributed by atoms with Gasteiger partial charge in [0.05, 0.1) is 5.70 Å². The summed E-state index contributed by atoms with van der Waals surface area (Å²) in [5.41, 5.74) is 7.23. The number of nitrogens with zero attached hydrogens (tertiary/aromatic N) is 1. The van der Waals surface area contributed by atoms with Gasteiger partial charge in [0.25, 0.3) is 0 Å². The van der Waals surface area contributed by atoms with Gasteiger partial charge in [0.1, 0.15) is 0 Å². The topological polar surface area (TPSA) is 36.2 Å². The Balaban J connectivity index is 3.74. The molecule has 0 aromatic heterocycles. The van der Waals surface area contributed by atoms with E-state index in [1.165, 1.54) is 0 Å². The molecule has 0 atom stereocenters. The average Bonchev–Trinajstić information content (AvgIpc) is 1.83. The van der Waals surface area contributed by atoms with Crippen LogP contribution in [-0.2, 0) is 0 Å². The van der Waals surface area contributed by atoms with Crippen LogP contribution in [0, 0.1) is 5.53 Å². The lowest BCUT2D eigenvalue weighted by molar-refractivity contribution is 1.06. The zero-order valence-corrected chi connectivity index (χ0v) is 6.71. The summed E-state index contributed by atoms with van der Waals surface area (Å²) in [6, 6.07) is 0. The molecule has 0 bridgehead atoms. The minimum atomic E-state index is 0.720. The predicted octanol–water partition coefficient (Wildman–Crippen LogP) is 2.87. The molecule has 44 valence electrons. The van der Waals surface area contributed by atoms with Crippen molar-refractivity contribution in [2.24, 2.45) is 5.11 Å². The van der Waals surface area contributed by atoms with Gasteiger partial charge in [0.15, 0.2) is 0 Å². The van der Waals surface area contributed by atoms with Crippen molar-refractivity contribution in [3.8, 4) is 0 Å². The molecule has 0 aliphatic rings. The van der Waals surface area contributed by atoms with E-state index in [9.17, 15) is 0 Å². The van der Waals surface area contributed by atoms with Crippen LogP contribution < -0.4 is 0 Å². The zero-order chi connectivity index (χ0) is 6.41. The second-order valence-corrected chi connectivity index (χ2v) is 1.96. The van der Waals surface area contributed by atoms with Gasteiger partial charge in [0, 0.05) is 0 Å². The zero-order valence-electron chi connectivity index (χ0n) is 4.56. The van der Waals surface area contributed by atoms with E-state index in [2.05, 4.69) is 27.7 Å². The van der Waals surface area contributed by atoms with Crippen LogP contribution in [0.1, 0.15) is 6.92 Å². The Hall–Kier alpha value is -0.190. The molecule has 8 heavy (non-hydrogen) atoms. The summed E-state index contributed by atoms with van der Waals surface area (Å²) >= 11 is 2.11. The van der Waals surface area contributed by atoms with Gasteiger partial charge in [0.2, 0.25) is 0 Å². The van der Waals surface area contributed by atoms with Gasteiger partial charge >= 0.3 is 0 Å². The highest BCUT2D eigenvalue weighted by Crippen LogP contribution is 1.94. The second kappa shape index (κ2) is 4.96. The number of hydrogen-bond donors (Lipinski definition) is 1. The monoisotopic (exact) mass is 222 g/mol. The van der Waals surface area contributed by atoms with Crippen LogP contribution in [0.15, 0.2) is 27.0 Å². The van der Waals surface area contributed by atoms with Crippen molar-refractivity contribution in [3.63, 3.8) is 0 Å². The van der Waals surface area contributed by atoms with Crippen LogP contribution in [-0.4, -0.2) is 0 Å². The normalized spacial score (nSPS) is 12.5. The van der Waals surface area contributed by atoms with Crippen molar-refractivity contribution in [2.45, 2.75) is 6.92 Å². The second-order valence-electron chi connectivity index (χ2n) is 1.24. The highest BCUT2D eigenvalue weighted by atomic mass is 127. The molecule has 0 spiro atoms. The van der Waals surface area contributed by atoms with Gasteiger partial charge < -0.3 is 0 Å². The molecule has 0 saturated heterocycles. The van der Waals surface area contributed by atoms with Crippen molar-refractivity contribution >= 4 is 22.6 Å². The quantitative estimate of drug-likeness (QED) is 0.423. The third-order valence-electron chi connectivity index (χ3n) is 0.587. The molecule has 0 amide bonds. The summed E-state index contributed by atoms with van der Waals surface area (Å²) in [6.07, 6.45) is 3.62. The highest BCUT2D eigenvalue weighted by Gasteiger charge is 1.73. The maximum Gasteiger partial charge on any atom is 0.0592 e. The van der Waals surface area contributed by atoms with Gasteiger partial charge in [-0.05, 0) is 17.1 Å². The van der Waals surface area contributed by atoms with E-state index < -0.39 is 0 Å². The Morgan fingerprint density at radius 3 is 2.75 bits per heavy atom. The summed E-state index contributed by atoms with van der Waals surface area (Å²) in [5.74, 6) is 0. The standard InChI is InChI=1S/C5H7IN2/c1-5(8-7)3-2-4-6/h2-4,7H,1H3/b4-2-,5-3-,8-7?. The van der Waals surface area contributed by atoms with Crippen LogP contribution in [0.5, 0.6) is 0 Å². The number of rotatable bonds is 2. The van der Waals surface area contributed by atoms with Crippen LogP contribution >= 0.6 is 22.6 Å². The van der Waals surface area contributed by atoms with Crippen molar-refractivity contribution < 1.29 is 0 Å². The molecule has 0 saturated carbocycles. The lowest BCUT2D eigenvalue weighted by atomic mass is 10.4. The van der Waals surface area contributed by atoms with E-state index >= 15 is 0 Å². The largest absolute Gasteiger partial charge is 0.205 e. The fourth-order valence-electron chi connectivity index (χ4n) is 0.213. The van der Waals surface area contributed by atoms with Crippen molar-refractivity contribution in [1.82, 2.24) is 0 Å². The molecule has 1 N–H and O–H groups in total.